The second kappa shape index (κ2) is 5.69. The molecule has 2 rings (SSSR count). The van der Waals surface area contributed by atoms with E-state index in [1.54, 1.807) is 4.68 Å². The third-order valence-electron chi connectivity index (χ3n) is 3.29. The lowest BCUT2D eigenvalue weighted by Gasteiger charge is -2.10. The van der Waals surface area contributed by atoms with Gasteiger partial charge in [0.05, 0.1) is 12.1 Å². The summed E-state index contributed by atoms with van der Waals surface area (Å²) in [5.41, 5.74) is 3.18. The van der Waals surface area contributed by atoms with E-state index in [1.807, 2.05) is 50.6 Å². The zero-order valence-electron chi connectivity index (χ0n) is 11.2. The van der Waals surface area contributed by atoms with E-state index in [-0.39, 0.29) is 5.92 Å². The number of aromatic nitrogens is 2. The van der Waals surface area contributed by atoms with E-state index >= 15 is 0 Å². The molecule has 4 nitrogen and oxygen atoms in total. The molecule has 0 amide bonds. The normalized spacial score (nSPS) is 12.3. The van der Waals surface area contributed by atoms with Crippen LogP contribution in [0.1, 0.15) is 18.9 Å². The summed E-state index contributed by atoms with van der Waals surface area (Å²) >= 11 is 0. The first kappa shape index (κ1) is 13.3. The van der Waals surface area contributed by atoms with E-state index < -0.39 is 5.97 Å². The van der Waals surface area contributed by atoms with Crippen molar-refractivity contribution in [3.8, 4) is 11.1 Å². The molecule has 0 spiro atoms. The SMILES string of the molecule is CCC(Cc1cccc(-c2cnn(C)c2)c1)C(=O)O. The molecule has 1 N–H and O–H groups in total. The third kappa shape index (κ3) is 3.22. The zero-order chi connectivity index (χ0) is 13.8. The molecule has 0 bridgehead atoms. The molecule has 0 radical (unpaired) electrons. The Bertz CT molecular complexity index is 575. The largest absolute Gasteiger partial charge is 0.481 e. The van der Waals surface area contributed by atoms with Crippen LogP contribution in [0.5, 0.6) is 0 Å². The molecule has 100 valence electrons. The Hall–Kier alpha value is -2.10. The molecule has 4 heteroatoms. The molecule has 1 aromatic heterocycles. The van der Waals surface area contributed by atoms with Crippen molar-refractivity contribution in [1.82, 2.24) is 9.78 Å². The van der Waals surface area contributed by atoms with Gasteiger partial charge >= 0.3 is 5.97 Å². The topological polar surface area (TPSA) is 55.1 Å². The molecule has 1 heterocycles. The number of carbonyl (C=O) groups is 1. The lowest BCUT2D eigenvalue weighted by Crippen LogP contribution is -2.15. The number of carboxylic acid groups (broad SMARTS) is 1. The van der Waals surface area contributed by atoms with E-state index in [1.165, 1.54) is 0 Å². The van der Waals surface area contributed by atoms with Crippen LogP contribution < -0.4 is 0 Å². The fraction of sp³-hybridized carbons (Fsp3) is 0.333. The van der Waals surface area contributed by atoms with Crippen molar-refractivity contribution in [2.24, 2.45) is 13.0 Å². The van der Waals surface area contributed by atoms with Crippen molar-refractivity contribution < 1.29 is 9.90 Å². The van der Waals surface area contributed by atoms with Gasteiger partial charge in [-0.1, -0.05) is 31.2 Å². The number of hydrogen-bond donors (Lipinski definition) is 1. The van der Waals surface area contributed by atoms with Crippen LogP contribution in [0, 0.1) is 5.92 Å². The first-order chi connectivity index (χ1) is 9.10. The van der Waals surface area contributed by atoms with E-state index in [4.69, 9.17) is 5.11 Å². The zero-order valence-corrected chi connectivity index (χ0v) is 11.2. The average Bonchev–Trinajstić information content (AvgIpc) is 2.82. The summed E-state index contributed by atoms with van der Waals surface area (Å²) in [5.74, 6) is -1.04. The summed E-state index contributed by atoms with van der Waals surface area (Å²) in [6.07, 6.45) is 4.98. The van der Waals surface area contributed by atoms with E-state index in [9.17, 15) is 4.79 Å². The van der Waals surface area contributed by atoms with E-state index in [0.717, 1.165) is 16.7 Å². The van der Waals surface area contributed by atoms with Gasteiger partial charge in [-0.3, -0.25) is 9.48 Å². The van der Waals surface area contributed by atoms with Crippen LogP contribution in [0.2, 0.25) is 0 Å². The number of benzene rings is 1. The highest BCUT2D eigenvalue weighted by Gasteiger charge is 2.15. The van der Waals surface area contributed by atoms with Crippen LogP contribution in [0.15, 0.2) is 36.7 Å². The highest BCUT2D eigenvalue weighted by atomic mass is 16.4. The van der Waals surface area contributed by atoms with Crippen molar-refractivity contribution >= 4 is 5.97 Å². The van der Waals surface area contributed by atoms with Crippen LogP contribution in [0.25, 0.3) is 11.1 Å². The van der Waals surface area contributed by atoms with E-state index in [0.29, 0.717) is 12.8 Å². The Morgan fingerprint density at radius 1 is 1.42 bits per heavy atom. The van der Waals surface area contributed by atoms with Gasteiger partial charge in [0.2, 0.25) is 0 Å². The highest BCUT2D eigenvalue weighted by molar-refractivity contribution is 5.70. The second-order valence-corrected chi connectivity index (χ2v) is 4.75. The maximum atomic E-state index is 11.1. The molecule has 1 atom stereocenters. The number of rotatable bonds is 5. The molecule has 2 aromatic rings. The number of aryl methyl sites for hydroxylation is 1. The molecule has 1 unspecified atom stereocenters. The smallest absolute Gasteiger partial charge is 0.306 e. The monoisotopic (exact) mass is 258 g/mol. The number of carboxylic acids is 1. The second-order valence-electron chi connectivity index (χ2n) is 4.75. The Morgan fingerprint density at radius 2 is 2.21 bits per heavy atom. The minimum atomic E-state index is -0.728. The maximum Gasteiger partial charge on any atom is 0.306 e. The fourth-order valence-corrected chi connectivity index (χ4v) is 2.14. The predicted octanol–water partition coefficient (Wildman–Crippen LogP) is 2.74. The first-order valence-electron chi connectivity index (χ1n) is 6.41. The Balaban J connectivity index is 2.22. The van der Waals surface area contributed by atoms with Gasteiger partial charge in [-0.05, 0) is 24.0 Å². The number of aliphatic carboxylic acids is 1. The summed E-state index contributed by atoms with van der Waals surface area (Å²) in [5, 5.41) is 13.3. The molecule has 0 aliphatic rings. The summed E-state index contributed by atoms with van der Waals surface area (Å²) in [6.45, 7) is 1.91. The molecule has 0 aliphatic carbocycles. The van der Waals surface area contributed by atoms with Crippen LogP contribution >= 0.6 is 0 Å². The first-order valence-corrected chi connectivity index (χ1v) is 6.41. The van der Waals surface area contributed by atoms with Gasteiger partial charge < -0.3 is 5.11 Å². The van der Waals surface area contributed by atoms with Crippen LogP contribution in [-0.2, 0) is 18.3 Å². The summed E-state index contributed by atoms with van der Waals surface area (Å²) in [7, 11) is 1.88. The minimum absolute atomic E-state index is 0.316. The number of nitrogens with zero attached hydrogens (tertiary/aromatic N) is 2. The van der Waals surface area contributed by atoms with Crippen molar-refractivity contribution in [3.63, 3.8) is 0 Å². The molecule has 19 heavy (non-hydrogen) atoms. The maximum absolute atomic E-state index is 11.1. The Morgan fingerprint density at radius 3 is 2.79 bits per heavy atom. The summed E-state index contributed by atoms with van der Waals surface area (Å²) in [4.78, 5) is 11.1. The van der Waals surface area contributed by atoms with Gasteiger partial charge in [0.1, 0.15) is 0 Å². The van der Waals surface area contributed by atoms with Gasteiger partial charge in [-0.25, -0.2) is 0 Å². The van der Waals surface area contributed by atoms with Gasteiger partial charge in [0.25, 0.3) is 0 Å². The van der Waals surface area contributed by atoms with E-state index in [2.05, 4.69) is 5.10 Å². The lowest BCUT2D eigenvalue weighted by atomic mass is 9.95. The van der Waals surface area contributed by atoms with Crippen LogP contribution in [-0.4, -0.2) is 20.9 Å². The van der Waals surface area contributed by atoms with Crippen molar-refractivity contribution in [2.75, 3.05) is 0 Å². The summed E-state index contributed by atoms with van der Waals surface area (Å²) in [6, 6.07) is 8.00. The molecular formula is C15H18N2O2. The average molecular weight is 258 g/mol. The van der Waals surface area contributed by atoms with Gasteiger partial charge in [-0.2, -0.15) is 5.10 Å². The van der Waals surface area contributed by atoms with Crippen LogP contribution in [0.4, 0.5) is 0 Å². The molecule has 0 fully saturated rings. The Kier molecular flexibility index (Phi) is 4.00. The summed E-state index contributed by atoms with van der Waals surface area (Å²) < 4.78 is 1.76. The van der Waals surface area contributed by atoms with Gasteiger partial charge in [-0.15, -0.1) is 0 Å². The molecule has 0 saturated carbocycles. The van der Waals surface area contributed by atoms with Crippen molar-refractivity contribution in [3.05, 3.63) is 42.2 Å². The van der Waals surface area contributed by atoms with Crippen molar-refractivity contribution in [1.29, 1.82) is 0 Å². The third-order valence-corrected chi connectivity index (χ3v) is 3.29. The fourth-order valence-electron chi connectivity index (χ4n) is 2.14. The van der Waals surface area contributed by atoms with Crippen LogP contribution in [0.3, 0.4) is 0 Å². The molecule has 0 aliphatic heterocycles. The molecule has 1 aromatic carbocycles. The van der Waals surface area contributed by atoms with Crippen molar-refractivity contribution in [2.45, 2.75) is 19.8 Å². The van der Waals surface area contributed by atoms with Gasteiger partial charge in [0, 0.05) is 18.8 Å². The number of hydrogen-bond acceptors (Lipinski definition) is 2. The highest BCUT2D eigenvalue weighted by Crippen LogP contribution is 2.21. The predicted molar refractivity (Wildman–Crippen MR) is 73.8 cm³/mol. The lowest BCUT2D eigenvalue weighted by molar-refractivity contribution is -0.141. The molecular weight excluding hydrogens is 240 g/mol. The van der Waals surface area contributed by atoms with Gasteiger partial charge in [0.15, 0.2) is 0 Å². The standard InChI is InChI=1S/C15H18N2O2/c1-3-12(15(18)19)7-11-5-4-6-13(8-11)14-9-16-17(2)10-14/h4-6,8-10,12H,3,7H2,1-2H3,(H,18,19). The Labute approximate surface area is 112 Å². The minimum Gasteiger partial charge on any atom is -0.481 e. The molecule has 0 saturated heterocycles. The quantitative estimate of drug-likeness (QED) is 0.897.